The first-order valence-corrected chi connectivity index (χ1v) is 8.53. The lowest BCUT2D eigenvalue weighted by Crippen LogP contribution is -2.58. The van der Waals surface area contributed by atoms with E-state index in [0.29, 0.717) is 5.96 Å². The van der Waals surface area contributed by atoms with E-state index in [-0.39, 0.29) is 5.96 Å². The fourth-order valence-electron chi connectivity index (χ4n) is 3.75. The second kappa shape index (κ2) is 6.16. The van der Waals surface area contributed by atoms with Crippen LogP contribution in [0.3, 0.4) is 0 Å². The Balaban J connectivity index is 1.71. The molecule has 0 atom stereocenters. The third kappa shape index (κ3) is 2.82. The number of rotatable bonds is 2. The lowest BCUT2D eigenvalue weighted by atomic mass is 9.87. The average molecular weight is 335 g/mol. The molecule has 1 saturated carbocycles. The van der Waals surface area contributed by atoms with Crippen molar-refractivity contribution in [3.63, 3.8) is 0 Å². The zero-order valence-electron chi connectivity index (χ0n) is 14.0. The van der Waals surface area contributed by atoms with Gasteiger partial charge in [-0.1, -0.05) is 18.6 Å². The number of hydrogen-bond acceptors (Lipinski definition) is 7. The fourth-order valence-corrected chi connectivity index (χ4v) is 3.75. The predicted molar refractivity (Wildman–Crippen MR) is 99.0 cm³/mol. The van der Waals surface area contributed by atoms with Crippen molar-refractivity contribution in [3.05, 3.63) is 43.0 Å². The number of aromatic nitrogens is 2. The Morgan fingerprint density at radius 3 is 2.24 bits per heavy atom. The largest absolute Gasteiger partial charge is 0.369 e. The Labute approximate surface area is 146 Å². The summed E-state index contributed by atoms with van der Waals surface area (Å²) in [5, 5.41) is 0. The number of benzene rings is 1. The van der Waals surface area contributed by atoms with E-state index >= 15 is 0 Å². The molecule has 0 bridgehead atoms. The van der Waals surface area contributed by atoms with Gasteiger partial charge in [-0.15, -0.1) is 0 Å². The maximum Gasteiger partial charge on any atom is 0.220 e. The van der Waals surface area contributed by atoms with E-state index in [9.17, 15) is 0 Å². The number of nitrogens with zero attached hydrogens (tertiary/aromatic N) is 5. The maximum atomic E-state index is 6.25. The molecule has 25 heavy (non-hydrogen) atoms. The number of anilines is 1. The molecule has 7 nitrogen and oxygen atoms in total. The van der Waals surface area contributed by atoms with Gasteiger partial charge in [0.05, 0.1) is 0 Å². The molecule has 0 saturated heterocycles. The van der Waals surface area contributed by atoms with Gasteiger partial charge in [-0.2, -0.15) is 4.99 Å². The first kappa shape index (κ1) is 15.6. The van der Waals surface area contributed by atoms with Gasteiger partial charge in [0.15, 0.2) is 0 Å². The van der Waals surface area contributed by atoms with Gasteiger partial charge < -0.3 is 11.5 Å². The molecule has 1 fully saturated rings. The molecule has 128 valence electrons. The van der Waals surface area contributed by atoms with Crippen molar-refractivity contribution in [3.8, 4) is 11.1 Å². The zero-order valence-corrected chi connectivity index (χ0v) is 14.0. The Morgan fingerprint density at radius 2 is 1.56 bits per heavy atom. The quantitative estimate of drug-likeness (QED) is 0.875. The third-order valence-corrected chi connectivity index (χ3v) is 4.87. The van der Waals surface area contributed by atoms with E-state index in [0.717, 1.165) is 42.5 Å². The summed E-state index contributed by atoms with van der Waals surface area (Å²) in [6, 6.07) is 8.16. The van der Waals surface area contributed by atoms with Crippen molar-refractivity contribution in [2.24, 2.45) is 21.5 Å². The summed E-state index contributed by atoms with van der Waals surface area (Å²) in [5.41, 5.74) is 14.8. The molecule has 4 N–H and O–H groups in total. The fraction of sp³-hybridized carbons (Fsp3) is 0.333. The molecule has 0 unspecified atom stereocenters. The van der Waals surface area contributed by atoms with E-state index in [4.69, 9.17) is 16.5 Å². The van der Waals surface area contributed by atoms with Crippen LogP contribution in [0.2, 0.25) is 0 Å². The molecule has 1 aromatic heterocycles. The summed E-state index contributed by atoms with van der Waals surface area (Å²) in [7, 11) is 0. The van der Waals surface area contributed by atoms with E-state index in [2.05, 4.69) is 15.0 Å². The smallest absolute Gasteiger partial charge is 0.220 e. The van der Waals surface area contributed by atoms with Gasteiger partial charge in [0.1, 0.15) is 12.0 Å². The monoisotopic (exact) mass is 335 g/mol. The molecule has 0 radical (unpaired) electrons. The molecule has 1 aliphatic carbocycles. The van der Waals surface area contributed by atoms with Gasteiger partial charge in [-0.05, 0) is 43.4 Å². The van der Waals surface area contributed by atoms with E-state index < -0.39 is 5.66 Å². The molecule has 1 aromatic carbocycles. The topological polar surface area (TPSA) is 106 Å². The minimum atomic E-state index is -0.411. The van der Waals surface area contributed by atoms with Gasteiger partial charge in [-0.3, -0.25) is 4.90 Å². The molecule has 7 heteroatoms. The normalized spacial score (nSPS) is 19.4. The lowest BCUT2D eigenvalue weighted by Gasteiger charge is -2.45. The van der Waals surface area contributed by atoms with E-state index in [1.807, 2.05) is 29.2 Å². The van der Waals surface area contributed by atoms with E-state index in [1.165, 1.54) is 12.7 Å². The number of guanidine groups is 2. The lowest BCUT2D eigenvalue weighted by molar-refractivity contribution is 0.305. The molecule has 2 aromatic rings. The second-order valence-electron chi connectivity index (χ2n) is 6.49. The van der Waals surface area contributed by atoms with Crippen molar-refractivity contribution >= 4 is 17.6 Å². The highest BCUT2D eigenvalue weighted by molar-refractivity contribution is 6.05. The van der Waals surface area contributed by atoms with Crippen LogP contribution in [-0.2, 0) is 0 Å². The Hall–Kier alpha value is -2.96. The molecular weight excluding hydrogens is 314 g/mol. The minimum Gasteiger partial charge on any atom is -0.369 e. The van der Waals surface area contributed by atoms with Crippen molar-refractivity contribution < 1.29 is 0 Å². The predicted octanol–water partition coefficient (Wildman–Crippen LogP) is 2.25. The van der Waals surface area contributed by atoms with Gasteiger partial charge in [-0.25, -0.2) is 15.0 Å². The van der Waals surface area contributed by atoms with Gasteiger partial charge in [0, 0.05) is 23.6 Å². The number of aliphatic imine (C=N–C) groups is 2. The summed E-state index contributed by atoms with van der Waals surface area (Å²) in [4.78, 5) is 19.1. The van der Waals surface area contributed by atoms with Crippen LogP contribution in [0.25, 0.3) is 11.1 Å². The van der Waals surface area contributed by atoms with E-state index in [1.54, 1.807) is 12.4 Å². The van der Waals surface area contributed by atoms with Crippen molar-refractivity contribution in [1.82, 2.24) is 9.97 Å². The van der Waals surface area contributed by atoms with Crippen LogP contribution in [0.15, 0.2) is 53.0 Å². The van der Waals surface area contributed by atoms with Gasteiger partial charge in [0.2, 0.25) is 11.9 Å². The Morgan fingerprint density at radius 1 is 0.880 bits per heavy atom. The number of nitrogens with two attached hydrogens (primary N) is 2. The summed E-state index contributed by atoms with van der Waals surface area (Å²) in [5.74, 6) is 0.680. The van der Waals surface area contributed by atoms with Crippen molar-refractivity contribution in [1.29, 1.82) is 0 Å². The first-order valence-electron chi connectivity index (χ1n) is 8.53. The van der Waals surface area contributed by atoms with Crippen LogP contribution in [0.4, 0.5) is 5.69 Å². The maximum absolute atomic E-state index is 6.25. The van der Waals surface area contributed by atoms with Crippen LogP contribution in [0.1, 0.15) is 32.1 Å². The average Bonchev–Trinajstić information content (AvgIpc) is 2.63. The van der Waals surface area contributed by atoms with Gasteiger partial charge in [0.25, 0.3) is 0 Å². The summed E-state index contributed by atoms with van der Waals surface area (Å²) in [6.45, 7) is 0. The third-order valence-electron chi connectivity index (χ3n) is 4.87. The highest BCUT2D eigenvalue weighted by atomic mass is 15.4. The van der Waals surface area contributed by atoms with Crippen LogP contribution < -0.4 is 16.4 Å². The van der Waals surface area contributed by atoms with Crippen LogP contribution in [0, 0.1) is 0 Å². The minimum absolute atomic E-state index is 0.272. The number of hydrogen-bond donors (Lipinski definition) is 2. The molecule has 2 heterocycles. The van der Waals surface area contributed by atoms with Crippen molar-refractivity contribution in [2.45, 2.75) is 37.8 Å². The molecule has 1 aliphatic heterocycles. The summed E-state index contributed by atoms with van der Waals surface area (Å²) >= 11 is 0. The zero-order chi connectivity index (χ0) is 17.3. The second-order valence-corrected chi connectivity index (χ2v) is 6.49. The Kier molecular flexibility index (Phi) is 3.83. The molecular formula is C18H21N7. The SMILES string of the molecule is NC1=NC2(CCCCC2)N(c2ccc(-c3cncnc3)cc2)C(N)=N1. The Bertz CT molecular complexity index is 805. The van der Waals surface area contributed by atoms with Crippen LogP contribution in [-0.4, -0.2) is 27.5 Å². The van der Waals surface area contributed by atoms with Gasteiger partial charge >= 0.3 is 0 Å². The molecule has 4 rings (SSSR count). The first-order chi connectivity index (χ1) is 12.2. The van der Waals surface area contributed by atoms with Crippen LogP contribution >= 0.6 is 0 Å². The molecule has 2 aliphatic rings. The molecule has 0 amide bonds. The highest BCUT2D eigenvalue weighted by Crippen LogP contribution is 2.39. The van der Waals surface area contributed by atoms with Crippen molar-refractivity contribution in [2.75, 3.05) is 4.90 Å². The summed E-state index contributed by atoms with van der Waals surface area (Å²) < 4.78 is 0. The standard InChI is InChI=1S/C18H21N7/c19-16-23-17(20)25(18(24-16)8-2-1-3-9-18)15-6-4-13(5-7-15)14-10-21-12-22-11-14/h4-7,10-12H,1-3,8-9H2,(H4,19,20,23,24). The molecule has 1 spiro atoms. The summed E-state index contributed by atoms with van der Waals surface area (Å²) in [6.07, 6.45) is 10.4. The highest BCUT2D eigenvalue weighted by Gasteiger charge is 2.42. The van der Waals surface area contributed by atoms with Crippen LogP contribution in [0.5, 0.6) is 0 Å².